The second kappa shape index (κ2) is 8.20. The van der Waals surface area contributed by atoms with E-state index in [1.807, 2.05) is 54.6 Å². The molecule has 3 rings (SSSR count). The van der Waals surface area contributed by atoms with Crippen molar-refractivity contribution in [2.45, 2.75) is 6.42 Å². The van der Waals surface area contributed by atoms with Crippen molar-refractivity contribution in [3.05, 3.63) is 72.3 Å². The van der Waals surface area contributed by atoms with Gasteiger partial charge >= 0.3 is 0 Å². The first-order valence-electron chi connectivity index (χ1n) is 8.26. The van der Waals surface area contributed by atoms with Crippen LogP contribution in [0.25, 0.3) is 10.8 Å². The van der Waals surface area contributed by atoms with Gasteiger partial charge in [-0.1, -0.05) is 42.5 Å². The molecule has 0 atom stereocenters. The van der Waals surface area contributed by atoms with E-state index in [0.717, 1.165) is 27.8 Å². The van der Waals surface area contributed by atoms with Crippen molar-refractivity contribution in [3.8, 4) is 11.5 Å². The van der Waals surface area contributed by atoms with Gasteiger partial charge < -0.3 is 14.8 Å². The summed E-state index contributed by atoms with van der Waals surface area (Å²) in [6, 6.07) is 21.5. The van der Waals surface area contributed by atoms with Crippen LogP contribution < -0.4 is 14.8 Å². The molecule has 0 aliphatic heterocycles. The van der Waals surface area contributed by atoms with Crippen LogP contribution in [0.5, 0.6) is 11.5 Å². The van der Waals surface area contributed by atoms with Crippen molar-refractivity contribution in [3.63, 3.8) is 0 Å². The molecule has 25 heavy (non-hydrogen) atoms. The van der Waals surface area contributed by atoms with E-state index in [9.17, 15) is 4.79 Å². The molecule has 0 saturated heterocycles. The Balaban J connectivity index is 1.47. The highest BCUT2D eigenvalue weighted by Gasteiger charge is 2.06. The SMILES string of the molecule is COc1ccc(OCCNC(=O)Cc2cccc3ccccc23)cc1. The van der Waals surface area contributed by atoms with Crippen LogP contribution in [0.15, 0.2) is 66.7 Å². The monoisotopic (exact) mass is 335 g/mol. The standard InChI is InChI=1S/C21H21NO3/c1-24-18-9-11-19(12-10-18)25-14-13-22-21(23)15-17-7-4-6-16-5-2-3-8-20(16)17/h2-12H,13-15H2,1H3,(H,22,23). The summed E-state index contributed by atoms with van der Waals surface area (Å²) >= 11 is 0. The third kappa shape index (κ3) is 4.51. The fraction of sp³-hybridized carbons (Fsp3) is 0.190. The van der Waals surface area contributed by atoms with Crippen LogP contribution in [0, 0.1) is 0 Å². The van der Waals surface area contributed by atoms with E-state index in [1.54, 1.807) is 7.11 Å². The number of carbonyl (C=O) groups excluding carboxylic acids is 1. The highest BCUT2D eigenvalue weighted by Crippen LogP contribution is 2.19. The second-order valence-corrected chi connectivity index (χ2v) is 5.69. The highest BCUT2D eigenvalue weighted by molar-refractivity contribution is 5.90. The third-order valence-corrected chi connectivity index (χ3v) is 3.98. The van der Waals surface area contributed by atoms with Crippen LogP contribution >= 0.6 is 0 Å². The van der Waals surface area contributed by atoms with Crippen molar-refractivity contribution >= 4 is 16.7 Å². The van der Waals surface area contributed by atoms with Crippen LogP contribution in [0.1, 0.15) is 5.56 Å². The van der Waals surface area contributed by atoms with Crippen LogP contribution in [0.4, 0.5) is 0 Å². The van der Waals surface area contributed by atoms with Gasteiger partial charge in [-0.25, -0.2) is 0 Å². The molecule has 0 saturated carbocycles. The van der Waals surface area contributed by atoms with E-state index in [4.69, 9.17) is 9.47 Å². The van der Waals surface area contributed by atoms with Crippen LogP contribution in [0.3, 0.4) is 0 Å². The molecule has 3 aromatic carbocycles. The van der Waals surface area contributed by atoms with Crippen molar-refractivity contribution in [2.24, 2.45) is 0 Å². The molecule has 1 amide bonds. The maximum absolute atomic E-state index is 12.2. The molecule has 0 aromatic heterocycles. The third-order valence-electron chi connectivity index (χ3n) is 3.98. The molecular formula is C21H21NO3. The Kier molecular flexibility index (Phi) is 5.52. The molecular weight excluding hydrogens is 314 g/mol. The van der Waals surface area contributed by atoms with Crippen LogP contribution in [-0.4, -0.2) is 26.2 Å². The lowest BCUT2D eigenvalue weighted by atomic mass is 10.0. The summed E-state index contributed by atoms with van der Waals surface area (Å²) in [4.78, 5) is 12.2. The van der Waals surface area contributed by atoms with Gasteiger partial charge in [0, 0.05) is 0 Å². The lowest BCUT2D eigenvalue weighted by molar-refractivity contribution is -0.120. The van der Waals surface area contributed by atoms with Gasteiger partial charge in [-0.2, -0.15) is 0 Å². The van der Waals surface area contributed by atoms with Crippen molar-refractivity contribution < 1.29 is 14.3 Å². The van der Waals surface area contributed by atoms with Gasteiger partial charge in [0.15, 0.2) is 0 Å². The molecule has 4 nitrogen and oxygen atoms in total. The largest absolute Gasteiger partial charge is 0.497 e. The predicted molar refractivity (Wildman–Crippen MR) is 99.2 cm³/mol. The molecule has 1 N–H and O–H groups in total. The summed E-state index contributed by atoms with van der Waals surface area (Å²) < 4.78 is 10.7. The maximum atomic E-state index is 12.2. The molecule has 0 spiro atoms. The Morgan fingerprint density at radius 2 is 1.64 bits per heavy atom. The average molecular weight is 335 g/mol. The van der Waals surface area contributed by atoms with Crippen molar-refractivity contribution in [1.29, 1.82) is 0 Å². The Morgan fingerprint density at radius 1 is 0.920 bits per heavy atom. The number of hydrogen-bond acceptors (Lipinski definition) is 3. The summed E-state index contributed by atoms with van der Waals surface area (Å²) in [5.41, 5.74) is 1.03. The molecule has 4 heteroatoms. The fourth-order valence-electron chi connectivity index (χ4n) is 2.71. The summed E-state index contributed by atoms with van der Waals surface area (Å²) in [5.74, 6) is 1.54. The van der Waals surface area contributed by atoms with E-state index in [-0.39, 0.29) is 5.91 Å². The molecule has 3 aromatic rings. The van der Waals surface area contributed by atoms with Gasteiger partial charge in [0.2, 0.25) is 5.91 Å². The number of rotatable bonds is 7. The molecule has 0 bridgehead atoms. The number of hydrogen-bond donors (Lipinski definition) is 1. The topological polar surface area (TPSA) is 47.6 Å². The summed E-state index contributed by atoms with van der Waals surface area (Å²) in [6.45, 7) is 0.892. The molecule has 0 aliphatic rings. The Labute approximate surface area is 147 Å². The van der Waals surface area contributed by atoms with Gasteiger partial charge in [-0.15, -0.1) is 0 Å². The summed E-state index contributed by atoms with van der Waals surface area (Å²) in [5, 5.41) is 5.17. The zero-order valence-electron chi connectivity index (χ0n) is 14.2. The minimum absolute atomic E-state index is 0.00492. The quantitative estimate of drug-likeness (QED) is 0.671. The minimum atomic E-state index is -0.00492. The van der Waals surface area contributed by atoms with E-state index in [2.05, 4.69) is 17.4 Å². The van der Waals surface area contributed by atoms with Crippen molar-refractivity contribution in [2.75, 3.05) is 20.3 Å². The number of ether oxygens (including phenoxy) is 2. The Hall–Kier alpha value is -3.01. The number of carbonyl (C=O) groups is 1. The van der Waals surface area contributed by atoms with E-state index in [0.29, 0.717) is 19.6 Å². The normalized spacial score (nSPS) is 10.4. The van der Waals surface area contributed by atoms with Crippen LogP contribution in [0.2, 0.25) is 0 Å². The Bertz CT molecular complexity index is 838. The van der Waals surface area contributed by atoms with Gasteiger partial charge in [0.1, 0.15) is 18.1 Å². The second-order valence-electron chi connectivity index (χ2n) is 5.69. The molecule has 0 radical (unpaired) electrons. The molecule has 0 unspecified atom stereocenters. The van der Waals surface area contributed by atoms with Gasteiger partial charge in [0.05, 0.1) is 20.1 Å². The van der Waals surface area contributed by atoms with Gasteiger partial charge in [0.25, 0.3) is 0 Å². The first-order valence-corrected chi connectivity index (χ1v) is 8.26. The molecule has 0 heterocycles. The number of nitrogens with one attached hydrogen (secondary N) is 1. The lowest BCUT2D eigenvalue weighted by Crippen LogP contribution is -2.29. The van der Waals surface area contributed by atoms with Crippen LogP contribution in [-0.2, 0) is 11.2 Å². The molecule has 128 valence electrons. The zero-order valence-corrected chi connectivity index (χ0v) is 14.2. The summed E-state index contributed by atoms with van der Waals surface area (Å²) in [7, 11) is 1.63. The first kappa shape index (κ1) is 16.8. The number of methoxy groups -OCH3 is 1. The van der Waals surface area contributed by atoms with E-state index < -0.39 is 0 Å². The number of benzene rings is 3. The molecule has 0 aliphatic carbocycles. The maximum Gasteiger partial charge on any atom is 0.224 e. The predicted octanol–water partition coefficient (Wildman–Crippen LogP) is 3.59. The average Bonchev–Trinajstić information content (AvgIpc) is 2.66. The van der Waals surface area contributed by atoms with E-state index >= 15 is 0 Å². The molecule has 0 fully saturated rings. The zero-order chi connectivity index (χ0) is 17.5. The number of amides is 1. The smallest absolute Gasteiger partial charge is 0.224 e. The lowest BCUT2D eigenvalue weighted by Gasteiger charge is -2.09. The fourth-order valence-corrected chi connectivity index (χ4v) is 2.71. The number of fused-ring (bicyclic) bond motifs is 1. The summed E-state index contributed by atoms with van der Waals surface area (Å²) in [6.07, 6.45) is 0.365. The van der Waals surface area contributed by atoms with Gasteiger partial charge in [-0.05, 0) is 40.6 Å². The highest BCUT2D eigenvalue weighted by atomic mass is 16.5. The first-order chi connectivity index (χ1) is 12.3. The van der Waals surface area contributed by atoms with Gasteiger partial charge in [-0.3, -0.25) is 4.79 Å². The van der Waals surface area contributed by atoms with Crippen molar-refractivity contribution in [1.82, 2.24) is 5.32 Å². The van der Waals surface area contributed by atoms with E-state index in [1.165, 1.54) is 0 Å². The minimum Gasteiger partial charge on any atom is -0.497 e. The Morgan fingerprint density at radius 3 is 2.44 bits per heavy atom.